The number of para-hydroxylation sites is 1. The van der Waals surface area contributed by atoms with E-state index in [-0.39, 0.29) is 26.8 Å². The van der Waals surface area contributed by atoms with E-state index in [1.54, 1.807) is 6.07 Å². The average molecular weight is 730 g/mol. The standard InChI is InChI=1S/C36H28N3O2.Pt/c1-3-23-14-18-32(40)36-35(23)24(4-2)20-34(38-36)41-27-16-17-29-28-12-8-9-13-30(28)39(31(29)21-27)33-19-15-26(22-37-33)25-10-6-5-7-11-25;/h5-20,22,40H,3-4H2,1-2H3;/q-1;. The summed E-state index contributed by atoms with van der Waals surface area (Å²) >= 11 is 0. The Morgan fingerprint density at radius 2 is 1.57 bits per heavy atom. The minimum absolute atomic E-state index is 0. The van der Waals surface area contributed by atoms with E-state index in [1.807, 2.05) is 60.8 Å². The first-order chi connectivity index (χ1) is 20.1. The van der Waals surface area contributed by atoms with Gasteiger partial charge in [0, 0.05) is 55.5 Å². The van der Waals surface area contributed by atoms with E-state index in [4.69, 9.17) is 14.7 Å². The van der Waals surface area contributed by atoms with Gasteiger partial charge >= 0.3 is 0 Å². The Morgan fingerprint density at radius 3 is 2.33 bits per heavy atom. The second kappa shape index (κ2) is 11.4. The molecule has 0 saturated carbocycles. The van der Waals surface area contributed by atoms with Crippen molar-refractivity contribution in [3.05, 3.63) is 120 Å². The molecule has 7 rings (SSSR count). The van der Waals surface area contributed by atoms with Gasteiger partial charge < -0.3 is 14.4 Å². The Kier molecular flexibility index (Phi) is 7.53. The van der Waals surface area contributed by atoms with Crippen molar-refractivity contribution < 1.29 is 30.9 Å². The number of phenolic OH excluding ortho intramolecular Hbond substituents is 1. The molecule has 0 aliphatic carbocycles. The smallest absolute Gasteiger partial charge is 0.217 e. The van der Waals surface area contributed by atoms with Crippen LogP contribution in [0.4, 0.5) is 0 Å². The van der Waals surface area contributed by atoms with Crippen LogP contribution in [0.3, 0.4) is 0 Å². The molecule has 0 amide bonds. The summed E-state index contributed by atoms with van der Waals surface area (Å²) in [6, 6.07) is 35.8. The Balaban J connectivity index is 0.00000316. The van der Waals surface area contributed by atoms with Crippen molar-refractivity contribution in [2.24, 2.45) is 0 Å². The molecule has 0 radical (unpaired) electrons. The quantitative estimate of drug-likeness (QED) is 0.174. The van der Waals surface area contributed by atoms with Gasteiger partial charge in [-0.1, -0.05) is 74.0 Å². The molecule has 0 aliphatic heterocycles. The molecular formula is C36H28N3O2Pt-. The first-order valence-corrected chi connectivity index (χ1v) is 13.9. The molecule has 6 heteroatoms. The molecule has 210 valence electrons. The predicted molar refractivity (Wildman–Crippen MR) is 165 cm³/mol. The van der Waals surface area contributed by atoms with Gasteiger partial charge in [0.2, 0.25) is 5.88 Å². The van der Waals surface area contributed by atoms with Crippen molar-refractivity contribution in [3.63, 3.8) is 0 Å². The summed E-state index contributed by atoms with van der Waals surface area (Å²) in [4.78, 5) is 9.57. The molecule has 4 aromatic carbocycles. The summed E-state index contributed by atoms with van der Waals surface area (Å²) in [5.41, 5.74) is 6.93. The van der Waals surface area contributed by atoms with Gasteiger partial charge in [0.15, 0.2) is 0 Å². The molecule has 5 nitrogen and oxygen atoms in total. The van der Waals surface area contributed by atoms with Crippen molar-refractivity contribution >= 4 is 32.7 Å². The SMILES string of the molecule is CCc1ccc(O)c2nc(Oc3[c-]c4c(cc3)c3ccccc3n4-c3ccc(-c4ccccc4)cn3)cc(CC)c12.[Pt]. The van der Waals surface area contributed by atoms with Crippen LogP contribution in [0.5, 0.6) is 17.4 Å². The van der Waals surface area contributed by atoms with Crippen molar-refractivity contribution in [3.8, 4) is 34.3 Å². The van der Waals surface area contributed by atoms with Gasteiger partial charge in [-0.15, -0.1) is 17.5 Å². The summed E-state index contributed by atoms with van der Waals surface area (Å²) in [7, 11) is 0. The van der Waals surface area contributed by atoms with E-state index in [9.17, 15) is 5.11 Å². The molecule has 0 bridgehead atoms. The molecule has 1 N–H and O–H groups in total. The topological polar surface area (TPSA) is 60.2 Å². The number of aryl methyl sites for hydroxylation is 2. The van der Waals surface area contributed by atoms with Crippen LogP contribution in [0.1, 0.15) is 25.0 Å². The minimum atomic E-state index is 0. The van der Waals surface area contributed by atoms with Gasteiger partial charge in [0.1, 0.15) is 17.1 Å². The third kappa shape index (κ3) is 4.74. The fourth-order valence-electron chi connectivity index (χ4n) is 5.69. The van der Waals surface area contributed by atoms with Crippen LogP contribution in [0.2, 0.25) is 0 Å². The fourth-order valence-corrected chi connectivity index (χ4v) is 5.69. The van der Waals surface area contributed by atoms with Crippen LogP contribution >= 0.6 is 0 Å². The Morgan fingerprint density at radius 1 is 0.786 bits per heavy atom. The minimum Gasteiger partial charge on any atom is -0.506 e. The summed E-state index contributed by atoms with van der Waals surface area (Å²) < 4.78 is 8.44. The number of fused-ring (bicyclic) bond motifs is 4. The number of aromatic hydroxyl groups is 1. The van der Waals surface area contributed by atoms with Gasteiger partial charge in [-0.05, 0) is 59.2 Å². The van der Waals surface area contributed by atoms with Gasteiger partial charge in [-0.2, -0.15) is 6.07 Å². The molecule has 3 heterocycles. The Hall–Kier alpha value is -4.47. The van der Waals surface area contributed by atoms with Crippen molar-refractivity contribution in [1.82, 2.24) is 14.5 Å². The Labute approximate surface area is 258 Å². The van der Waals surface area contributed by atoms with E-state index in [2.05, 4.69) is 60.9 Å². The number of aromatic nitrogens is 3. The van der Waals surface area contributed by atoms with E-state index >= 15 is 0 Å². The molecule has 3 aromatic heterocycles. The maximum Gasteiger partial charge on any atom is 0.217 e. The summed E-state index contributed by atoms with van der Waals surface area (Å²) in [5.74, 6) is 1.93. The van der Waals surface area contributed by atoms with Crippen LogP contribution in [-0.2, 0) is 33.9 Å². The second-order valence-electron chi connectivity index (χ2n) is 10.1. The number of benzene rings is 4. The zero-order valence-corrected chi connectivity index (χ0v) is 25.5. The van der Waals surface area contributed by atoms with Crippen molar-refractivity contribution in [2.75, 3.05) is 0 Å². The molecule has 7 aromatic rings. The molecule has 42 heavy (non-hydrogen) atoms. The third-order valence-corrected chi connectivity index (χ3v) is 7.70. The molecule has 0 aliphatic rings. The molecule has 0 atom stereocenters. The first-order valence-electron chi connectivity index (χ1n) is 13.9. The van der Waals surface area contributed by atoms with E-state index in [0.29, 0.717) is 17.1 Å². The van der Waals surface area contributed by atoms with Crippen LogP contribution < -0.4 is 4.74 Å². The zero-order valence-electron chi connectivity index (χ0n) is 23.2. The van der Waals surface area contributed by atoms with Gasteiger partial charge in [0.05, 0.1) is 0 Å². The first kappa shape index (κ1) is 27.7. The fraction of sp³-hybridized carbons (Fsp3) is 0.111. The number of phenols is 1. The summed E-state index contributed by atoms with van der Waals surface area (Å²) in [6.07, 6.45) is 3.57. The van der Waals surface area contributed by atoms with E-state index in [0.717, 1.165) is 68.1 Å². The zero-order chi connectivity index (χ0) is 27.9. The maximum absolute atomic E-state index is 10.6. The van der Waals surface area contributed by atoms with Crippen LogP contribution in [0.25, 0.3) is 49.7 Å². The van der Waals surface area contributed by atoms with Crippen molar-refractivity contribution in [1.29, 1.82) is 0 Å². The average Bonchev–Trinajstić information content (AvgIpc) is 3.35. The number of hydrogen-bond donors (Lipinski definition) is 1. The number of nitrogens with zero attached hydrogens (tertiary/aromatic N) is 3. The molecule has 0 unspecified atom stereocenters. The van der Waals surface area contributed by atoms with Crippen molar-refractivity contribution in [2.45, 2.75) is 26.7 Å². The van der Waals surface area contributed by atoms with Crippen LogP contribution in [0.15, 0.2) is 103 Å². The van der Waals surface area contributed by atoms with Gasteiger partial charge in [0.25, 0.3) is 0 Å². The monoisotopic (exact) mass is 729 g/mol. The summed E-state index contributed by atoms with van der Waals surface area (Å²) in [5, 5.41) is 13.8. The third-order valence-electron chi connectivity index (χ3n) is 7.70. The van der Waals surface area contributed by atoms with Crippen LogP contribution in [-0.4, -0.2) is 19.6 Å². The largest absolute Gasteiger partial charge is 0.506 e. The number of hydrogen-bond acceptors (Lipinski definition) is 4. The van der Waals surface area contributed by atoms with Gasteiger partial charge in [-0.3, -0.25) is 0 Å². The predicted octanol–water partition coefficient (Wildman–Crippen LogP) is 8.81. The maximum atomic E-state index is 10.6. The normalized spacial score (nSPS) is 11.2. The van der Waals surface area contributed by atoms with E-state index in [1.165, 1.54) is 0 Å². The summed E-state index contributed by atoms with van der Waals surface area (Å²) in [6.45, 7) is 4.22. The molecular weight excluding hydrogens is 701 g/mol. The van der Waals surface area contributed by atoms with Gasteiger partial charge in [-0.25, -0.2) is 9.97 Å². The molecule has 0 spiro atoms. The Bertz CT molecular complexity index is 2050. The second-order valence-corrected chi connectivity index (χ2v) is 10.1. The molecule has 0 fully saturated rings. The van der Waals surface area contributed by atoms with Crippen LogP contribution in [0, 0.1) is 6.07 Å². The van der Waals surface area contributed by atoms with E-state index < -0.39 is 0 Å². The number of rotatable bonds is 6. The number of ether oxygens (including phenoxy) is 1. The number of pyridine rings is 2. The molecule has 0 saturated heterocycles.